The highest BCUT2D eigenvalue weighted by molar-refractivity contribution is 6.00. The Kier molecular flexibility index (Phi) is 4.98. The van der Waals surface area contributed by atoms with Crippen LogP contribution in [0.25, 0.3) is 0 Å². The molecule has 0 radical (unpaired) electrons. The Hall–Kier alpha value is -2.57. The highest BCUT2D eigenvalue weighted by atomic mass is 16.5. The van der Waals surface area contributed by atoms with Gasteiger partial charge in [-0.2, -0.15) is 0 Å². The highest BCUT2D eigenvalue weighted by Crippen LogP contribution is 2.22. The Morgan fingerprint density at radius 3 is 2.77 bits per heavy atom. The SMILES string of the molecule is CCc1cccc(C(=O)OC)c1NCC(=O)N1CCNC1=O. The van der Waals surface area contributed by atoms with Crippen molar-refractivity contribution in [1.29, 1.82) is 0 Å². The number of hydrogen-bond donors (Lipinski definition) is 2. The third kappa shape index (κ3) is 3.19. The molecule has 0 aliphatic carbocycles. The van der Waals surface area contributed by atoms with Gasteiger partial charge in [-0.1, -0.05) is 19.1 Å². The number of ether oxygens (including phenoxy) is 1. The number of urea groups is 1. The van der Waals surface area contributed by atoms with Crippen molar-refractivity contribution in [3.05, 3.63) is 29.3 Å². The Morgan fingerprint density at radius 2 is 2.18 bits per heavy atom. The standard InChI is InChI=1S/C15H19N3O4/c1-3-10-5-4-6-11(14(20)22-2)13(10)17-9-12(19)18-8-7-16-15(18)21/h4-6,17H,3,7-9H2,1-2H3,(H,16,21). The van der Waals surface area contributed by atoms with E-state index in [-0.39, 0.29) is 18.5 Å². The zero-order valence-corrected chi connectivity index (χ0v) is 12.6. The predicted molar refractivity (Wildman–Crippen MR) is 80.8 cm³/mol. The molecule has 2 N–H and O–H groups in total. The summed E-state index contributed by atoms with van der Waals surface area (Å²) in [6.07, 6.45) is 0.700. The second kappa shape index (κ2) is 6.93. The second-order valence-corrected chi connectivity index (χ2v) is 4.82. The number of imide groups is 1. The minimum atomic E-state index is -0.468. The molecule has 1 saturated heterocycles. The molecule has 0 bridgehead atoms. The number of hydrogen-bond acceptors (Lipinski definition) is 5. The van der Waals surface area contributed by atoms with Crippen LogP contribution in [-0.4, -0.2) is 49.6 Å². The van der Waals surface area contributed by atoms with Gasteiger partial charge in [0.05, 0.1) is 24.9 Å². The minimum Gasteiger partial charge on any atom is -0.465 e. The lowest BCUT2D eigenvalue weighted by Crippen LogP contribution is -2.38. The van der Waals surface area contributed by atoms with Crippen LogP contribution < -0.4 is 10.6 Å². The molecular formula is C15H19N3O4. The lowest BCUT2D eigenvalue weighted by molar-refractivity contribution is -0.125. The van der Waals surface area contributed by atoms with Gasteiger partial charge >= 0.3 is 12.0 Å². The van der Waals surface area contributed by atoms with Crippen molar-refractivity contribution in [1.82, 2.24) is 10.2 Å². The number of methoxy groups -OCH3 is 1. The van der Waals surface area contributed by atoms with Crippen molar-refractivity contribution < 1.29 is 19.1 Å². The molecule has 0 aromatic heterocycles. The van der Waals surface area contributed by atoms with E-state index in [4.69, 9.17) is 4.74 Å². The number of nitrogens with zero attached hydrogens (tertiary/aromatic N) is 1. The Labute approximate surface area is 128 Å². The van der Waals surface area contributed by atoms with Gasteiger partial charge in [0.25, 0.3) is 0 Å². The van der Waals surface area contributed by atoms with E-state index in [2.05, 4.69) is 10.6 Å². The van der Waals surface area contributed by atoms with E-state index in [0.29, 0.717) is 30.8 Å². The van der Waals surface area contributed by atoms with Gasteiger partial charge in [-0.15, -0.1) is 0 Å². The van der Waals surface area contributed by atoms with E-state index in [1.54, 1.807) is 12.1 Å². The molecule has 0 atom stereocenters. The first kappa shape index (κ1) is 15.8. The van der Waals surface area contributed by atoms with Gasteiger partial charge in [-0.3, -0.25) is 9.69 Å². The van der Waals surface area contributed by atoms with Crippen molar-refractivity contribution in [3.8, 4) is 0 Å². The van der Waals surface area contributed by atoms with Crippen LogP contribution in [0.1, 0.15) is 22.8 Å². The van der Waals surface area contributed by atoms with Crippen LogP contribution in [0.15, 0.2) is 18.2 Å². The lowest BCUT2D eigenvalue weighted by Gasteiger charge is -2.17. The topological polar surface area (TPSA) is 87.7 Å². The van der Waals surface area contributed by atoms with E-state index in [9.17, 15) is 14.4 Å². The van der Waals surface area contributed by atoms with Gasteiger partial charge in [-0.25, -0.2) is 9.59 Å². The number of esters is 1. The van der Waals surface area contributed by atoms with Gasteiger partial charge < -0.3 is 15.4 Å². The number of amides is 3. The molecule has 1 aliphatic rings. The molecule has 1 fully saturated rings. The van der Waals surface area contributed by atoms with Crippen LogP contribution in [0.4, 0.5) is 10.5 Å². The third-order valence-electron chi connectivity index (χ3n) is 3.51. The summed E-state index contributed by atoms with van der Waals surface area (Å²) in [5.74, 6) is -0.805. The molecule has 1 aromatic rings. The number of aryl methyl sites for hydroxylation is 1. The summed E-state index contributed by atoms with van der Waals surface area (Å²) in [7, 11) is 1.31. The van der Waals surface area contributed by atoms with Crippen LogP contribution in [0, 0.1) is 0 Å². The van der Waals surface area contributed by atoms with Crippen molar-refractivity contribution in [2.24, 2.45) is 0 Å². The maximum Gasteiger partial charge on any atom is 0.339 e. The summed E-state index contributed by atoms with van der Waals surface area (Å²) in [5.41, 5.74) is 1.85. The molecule has 1 aromatic carbocycles. The summed E-state index contributed by atoms with van der Waals surface area (Å²) in [5, 5.41) is 5.55. The molecule has 22 heavy (non-hydrogen) atoms. The van der Waals surface area contributed by atoms with Crippen LogP contribution in [0.3, 0.4) is 0 Å². The van der Waals surface area contributed by atoms with Crippen LogP contribution >= 0.6 is 0 Å². The summed E-state index contributed by atoms with van der Waals surface area (Å²) in [6.45, 7) is 2.72. The van der Waals surface area contributed by atoms with E-state index in [1.165, 1.54) is 7.11 Å². The quantitative estimate of drug-likeness (QED) is 0.792. The van der Waals surface area contributed by atoms with Gasteiger partial charge in [0, 0.05) is 13.1 Å². The molecule has 118 valence electrons. The number of carbonyl (C=O) groups excluding carboxylic acids is 3. The van der Waals surface area contributed by atoms with Gasteiger partial charge in [-0.05, 0) is 18.1 Å². The molecule has 0 saturated carbocycles. The van der Waals surface area contributed by atoms with Gasteiger partial charge in [0.15, 0.2) is 0 Å². The fraction of sp³-hybridized carbons (Fsp3) is 0.400. The fourth-order valence-electron chi connectivity index (χ4n) is 2.35. The predicted octanol–water partition coefficient (Wildman–Crippen LogP) is 0.999. The number of nitrogens with one attached hydrogen (secondary N) is 2. The maximum absolute atomic E-state index is 12.1. The average molecular weight is 305 g/mol. The van der Waals surface area contributed by atoms with Crippen molar-refractivity contribution in [3.63, 3.8) is 0 Å². The number of anilines is 1. The van der Waals surface area contributed by atoms with Crippen molar-refractivity contribution in [2.45, 2.75) is 13.3 Å². The largest absolute Gasteiger partial charge is 0.465 e. The first-order chi connectivity index (χ1) is 10.6. The Morgan fingerprint density at radius 1 is 1.41 bits per heavy atom. The maximum atomic E-state index is 12.1. The molecule has 1 aliphatic heterocycles. The third-order valence-corrected chi connectivity index (χ3v) is 3.51. The number of benzene rings is 1. The van der Waals surface area contributed by atoms with Gasteiger partial charge in [0.2, 0.25) is 5.91 Å². The van der Waals surface area contributed by atoms with E-state index in [1.807, 2.05) is 13.0 Å². The van der Waals surface area contributed by atoms with Crippen molar-refractivity contribution in [2.75, 3.05) is 32.1 Å². The average Bonchev–Trinajstić information content (AvgIpc) is 2.97. The summed E-state index contributed by atoms with van der Waals surface area (Å²) < 4.78 is 4.76. The minimum absolute atomic E-state index is 0.0611. The van der Waals surface area contributed by atoms with Gasteiger partial charge in [0.1, 0.15) is 0 Å². The van der Waals surface area contributed by atoms with Crippen LogP contribution in [-0.2, 0) is 16.0 Å². The summed E-state index contributed by atoms with van der Waals surface area (Å²) >= 11 is 0. The monoisotopic (exact) mass is 305 g/mol. The molecule has 2 rings (SSSR count). The highest BCUT2D eigenvalue weighted by Gasteiger charge is 2.26. The first-order valence-corrected chi connectivity index (χ1v) is 7.10. The smallest absolute Gasteiger partial charge is 0.339 e. The zero-order valence-electron chi connectivity index (χ0n) is 12.6. The van der Waals surface area contributed by atoms with Crippen LogP contribution in [0.5, 0.6) is 0 Å². The molecule has 0 unspecified atom stereocenters. The molecule has 7 heteroatoms. The summed E-state index contributed by atoms with van der Waals surface area (Å²) in [4.78, 5) is 36.5. The molecule has 0 spiro atoms. The molecule has 7 nitrogen and oxygen atoms in total. The zero-order chi connectivity index (χ0) is 16.1. The van der Waals surface area contributed by atoms with E-state index in [0.717, 1.165) is 10.5 Å². The number of para-hydroxylation sites is 1. The molecular weight excluding hydrogens is 286 g/mol. The Bertz CT molecular complexity index is 600. The van der Waals surface area contributed by atoms with Crippen molar-refractivity contribution >= 4 is 23.6 Å². The van der Waals surface area contributed by atoms with E-state index >= 15 is 0 Å². The summed E-state index contributed by atoms with van der Waals surface area (Å²) in [6, 6.07) is 4.90. The first-order valence-electron chi connectivity index (χ1n) is 7.10. The lowest BCUT2D eigenvalue weighted by atomic mass is 10.0. The number of rotatable bonds is 5. The molecule has 3 amide bonds. The van der Waals surface area contributed by atoms with Crippen LogP contribution in [0.2, 0.25) is 0 Å². The number of carbonyl (C=O) groups is 3. The second-order valence-electron chi connectivity index (χ2n) is 4.82. The van der Waals surface area contributed by atoms with E-state index < -0.39 is 5.97 Å². The molecule has 1 heterocycles. The fourth-order valence-corrected chi connectivity index (χ4v) is 2.35. The Balaban J connectivity index is 2.16. The normalized spacial score (nSPS) is 13.7.